The lowest BCUT2D eigenvalue weighted by atomic mass is 10.1. The molecule has 0 radical (unpaired) electrons. The molecule has 1 N–H and O–H groups in total. The number of alkyl halides is 3. The lowest BCUT2D eigenvalue weighted by molar-refractivity contribution is -0.138. The zero-order valence-electron chi connectivity index (χ0n) is 9.81. The fourth-order valence-corrected chi connectivity index (χ4v) is 1.63. The third-order valence-electron chi connectivity index (χ3n) is 2.24. The summed E-state index contributed by atoms with van der Waals surface area (Å²) in [5.74, 6) is -0.737. The van der Waals surface area contributed by atoms with E-state index in [2.05, 4.69) is 5.32 Å². The molecule has 0 aliphatic rings. The zero-order chi connectivity index (χ0) is 13.9. The maximum Gasteiger partial charge on any atom is 0.406 e. The molecule has 1 amide bonds. The SMILES string of the molecule is CNc1ccc(Cl)cc1C(=O)N(C)CC(F)(F)F. The third-order valence-corrected chi connectivity index (χ3v) is 2.48. The molecule has 0 aliphatic carbocycles. The van der Waals surface area contributed by atoms with Gasteiger partial charge >= 0.3 is 6.18 Å². The van der Waals surface area contributed by atoms with Gasteiger partial charge in [0.15, 0.2) is 0 Å². The van der Waals surface area contributed by atoms with Crippen LogP contribution in [0, 0.1) is 0 Å². The molecule has 3 nitrogen and oxygen atoms in total. The minimum atomic E-state index is -4.43. The standard InChI is InChI=1S/C11H12ClF3N2O/c1-16-9-4-3-7(12)5-8(9)10(18)17(2)6-11(13,14)15/h3-5,16H,6H2,1-2H3. The summed E-state index contributed by atoms with van der Waals surface area (Å²) in [6.07, 6.45) is -4.43. The smallest absolute Gasteiger partial charge is 0.387 e. The molecule has 0 saturated heterocycles. The molecule has 0 bridgehead atoms. The van der Waals surface area contributed by atoms with Gasteiger partial charge in [-0.1, -0.05) is 11.6 Å². The van der Waals surface area contributed by atoms with Crippen molar-refractivity contribution < 1.29 is 18.0 Å². The van der Waals surface area contributed by atoms with Gasteiger partial charge in [-0.25, -0.2) is 0 Å². The first kappa shape index (κ1) is 14.6. The molecule has 1 aromatic carbocycles. The summed E-state index contributed by atoms with van der Waals surface area (Å²) < 4.78 is 36.6. The van der Waals surface area contributed by atoms with Crippen molar-refractivity contribution in [2.75, 3.05) is 26.0 Å². The summed E-state index contributed by atoms with van der Waals surface area (Å²) in [5, 5.41) is 3.02. The minimum Gasteiger partial charge on any atom is -0.387 e. The highest BCUT2D eigenvalue weighted by Crippen LogP contribution is 2.23. The number of amides is 1. The third kappa shape index (κ3) is 3.80. The maximum atomic E-state index is 12.2. The molecule has 0 atom stereocenters. The van der Waals surface area contributed by atoms with E-state index in [0.717, 1.165) is 7.05 Å². The summed E-state index contributed by atoms with van der Waals surface area (Å²) in [5.41, 5.74) is 0.537. The number of carbonyl (C=O) groups is 1. The van der Waals surface area contributed by atoms with Gasteiger partial charge in [-0.05, 0) is 18.2 Å². The van der Waals surface area contributed by atoms with Crippen LogP contribution in [0.4, 0.5) is 18.9 Å². The van der Waals surface area contributed by atoms with Gasteiger partial charge in [-0.2, -0.15) is 13.2 Å². The fourth-order valence-electron chi connectivity index (χ4n) is 1.46. The number of anilines is 1. The van der Waals surface area contributed by atoms with Crippen molar-refractivity contribution in [3.05, 3.63) is 28.8 Å². The van der Waals surface area contributed by atoms with Crippen molar-refractivity contribution in [1.29, 1.82) is 0 Å². The Balaban J connectivity index is 2.99. The van der Waals surface area contributed by atoms with Gasteiger partial charge in [0.2, 0.25) is 0 Å². The van der Waals surface area contributed by atoms with E-state index in [1.807, 2.05) is 0 Å². The van der Waals surface area contributed by atoms with Crippen LogP contribution in [0.1, 0.15) is 10.4 Å². The van der Waals surface area contributed by atoms with Crippen molar-refractivity contribution in [3.8, 4) is 0 Å². The highest BCUT2D eigenvalue weighted by molar-refractivity contribution is 6.31. The van der Waals surface area contributed by atoms with E-state index in [1.54, 1.807) is 13.1 Å². The Kier molecular flexibility index (Phi) is 4.45. The number of rotatable bonds is 3. The van der Waals surface area contributed by atoms with E-state index in [4.69, 9.17) is 11.6 Å². The largest absolute Gasteiger partial charge is 0.406 e. The molecule has 0 saturated carbocycles. The average molecular weight is 281 g/mol. The molecule has 7 heteroatoms. The number of hydrogen-bond donors (Lipinski definition) is 1. The monoisotopic (exact) mass is 280 g/mol. The van der Waals surface area contributed by atoms with E-state index in [9.17, 15) is 18.0 Å². The number of carbonyl (C=O) groups excluding carboxylic acids is 1. The molecule has 0 aliphatic heterocycles. The molecular weight excluding hydrogens is 269 g/mol. The molecule has 100 valence electrons. The van der Waals surface area contributed by atoms with E-state index in [1.165, 1.54) is 12.1 Å². The average Bonchev–Trinajstić information content (AvgIpc) is 2.25. The Morgan fingerprint density at radius 1 is 1.44 bits per heavy atom. The van der Waals surface area contributed by atoms with Crippen molar-refractivity contribution in [2.45, 2.75) is 6.18 Å². The number of benzene rings is 1. The normalized spacial score (nSPS) is 11.2. The second kappa shape index (κ2) is 5.48. The quantitative estimate of drug-likeness (QED) is 0.923. The second-order valence-electron chi connectivity index (χ2n) is 3.72. The fraction of sp³-hybridized carbons (Fsp3) is 0.364. The number of hydrogen-bond acceptors (Lipinski definition) is 2. The van der Waals surface area contributed by atoms with Crippen LogP contribution in [0.25, 0.3) is 0 Å². The van der Waals surface area contributed by atoms with Crippen LogP contribution < -0.4 is 5.32 Å². The van der Waals surface area contributed by atoms with Crippen LogP contribution >= 0.6 is 11.6 Å². The van der Waals surface area contributed by atoms with Crippen LogP contribution in [0.3, 0.4) is 0 Å². The van der Waals surface area contributed by atoms with Crippen LogP contribution in [-0.2, 0) is 0 Å². The van der Waals surface area contributed by atoms with Gasteiger partial charge in [0.05, 0.1) is 5.56 Å². The highest BCUT2D eigenvalue weighted by atomic mass is 35.5. The van der Waals surface area contributed by atoms with Gasteiger partial charge in [0.25, 0.3) is 5.91 Å². The van der Waals surface area contributed by atoms with Crippen molar-refractivity contribution >= 4 is 23.2 Å². The summed E-state index contributed by atoms with van der Waals surface area (Å²) in [4.78, 5) is 12.5. The van der Waals surface area contributed by atoms with Crippen molar-refractivity contribution in [2.24, 2.45) is 0 Å². The van der Waals surface area contributed by atoms with Gasteiger partial charge in [-0.3, -0.25) is 4.79 Å². The van der Waals surface area contributed by atoms with Gasteiger partial charge in [0.1, 0.15) is 6.54 Å². The maximum absolute atomic E-state index is 12.2. The van der Waals surface area contributed by atoms with E-state index in [-0.39, 0.29) is 10.6 Å². The van der Waals surface area contributed by atoms with Crippen LogP contribution in [-0.4, -0.2) is 37.6 Å². The zero-order valence-corrected chi connectivity index (χ0v) is 10.6. The Labute approximate surface area is 108 Å². The Morgan fingerprint density at radius 2 is 2.06 bits per heavy atom. The Bertz CT molecular complexity index is 448. The van der Waals surface area contributed by atoms with Gasteiger partial charge in [0, 0.05) is 24.8 Å². The van der Waals surface area contributed by atoms with Crippen LogP contribution in [0.2, 0.25) is 5.02 Å². The van der Waals surface area contributed by atoms with E-state index >= 15 is 0 Å². The predicted molar refractivity (Wildman–Crippen MR) is 64.0 cm³/mol. The molecule has 0 unspecified atom stereocenters. The topological polar surface area (TPSA) is 32.3 Å². The van der Waals surface area contributed by atoms with Crippen LogP contribution in [0.5, 0.6) is 0 Å². The summed E-state index contributed by atoms with van der Waals surface area (Å²) >= 11 is 5.73. The molecule has 0 heterocycles. The van der Waals surface area contributed by atoms with E-state index in [0.29, 0.717) is 10.6 Å². The van der Waals surface area contributed by atoms with Gasteiger partial charge in [-0.15, -0.1) is 0 Å². The summed E-state index contributed by atoms with van der Waals surface area (Å²) in [6, 6.07) is 4.42. The number of halogens is 4. The first-order valence-electron chi connectivity index (χ1n) is 5.04. The van der Waals surface area contributed by atoms with Crippen molar-refractivity contribution in [3.63, 3.8) is 0 Å². The van der Waals surface area contributed by atoms with E-state index < -0.39 is 18.6 Å². The summed E-state index contributed by atoms with van der Waals surface area (Å²) in [6.45, 7) is -1.30. The lowest BCUT2D eigenvalue weighted by Gasteiger charge is -2.20. The number of nitrogens with one attached hydrogen (secondary N) is 1. The second-order valence-corrected chi connectivity index (χ2v) is 4.15. The molecule has 18 heavy (non-hydrogen) atoms. The first-order valence-corrected chi connectivity index (χ1v) is 5.42. The molecule has 0 fully saturated rings. The van der Waals surface area contributed by atoms with Gasteiger partial charge < -0.3 is 10.2 Å². The molecule has 0 spiro atoms. The van der Waals surface area contributed by atoms with Crippen molar-refractivity contribution in [1.82, 2.24) is 4.90 Å². The minimum absolute atomic E-state index is 0.108. The number of nitrogens with zero attached hydrogens (tertiary/aromatic N) is 1. The Hall–Kier alpha value is -1.43. The summed E-state index contributed by atoms with van der Waals surface area (Å²) in [7, 11) is 2.67. The molecule has 1 aromatic rings. The highest BCUT2D eigenvalue weighted by Gasteiger charge is 2.32. The molecule has 0 aromatic heterocycles. The predicted octanol–water partition coefficient (Wildman–Crippen LogP) is 3.02. The molecular formula is C11H12ClF3N2O. The van der Waals surface area contributed by atoms with Crippen LogP contribution in [0.15, 0.2) is 18.2 Å². The Morgan fingerprint density at radius 3 is 2.56 bits per heavy atom. The first-order chi connectivity index (χ1) is 8.24. The molecule has 1 rings (SSSR count). The lowest BCUT2D eigenvalue weighted by Crippen LogP contribution is -2.36.